The highest BCUT2D eigenvalue weighted by Gasteiger charge is 2.09. The van der Waals surface area contributed by atoms with Crippen molar-refractivity contribution in [3.05, 3.63) is 28.3 Å². The summed E-state index contributed by atoms with van der Waals surface area (Å²) in [6.07, 6.45) is 2.09. The van der Waals surface area contributed by atoms with Crippen LogP contribution in [0.15, 0.2) is 21.3 Å². The third-order valence-corrected chi connectivity index (χ3v) is 2.28. The van der Waals surface area contributed by atoms with E-state index in [1.807, 2.05) is 13.0 Å². The lowest BCUT2D eigenvalue weighted by molar-refractivity contribution is 0.327. The molecule has 1 rings (SSSR count). The van der Waals surface area contributed by atoms with E-state index in [4.69, 9.17) is 9.15 Å². The molecule has 1 aromatic heterocycles. The molecule has 0 aromatic carbocycles. The summed E-state index contributed by atoms with van der Waals surface area (Å²) in [7, 11) is 0. The zero-order valence-electron chi connectivity index (χ0n) is 9.58. The van der Waals surface area contributed by atoms with Gasteiger partial charge in [0.2, 0.25) is 0 Å². The number of ether oxygens (including phenoxy) is 1. The van der Waals surface area contributed by atoms with Gasteiger partial charge in [0.25, 0.3) is 0 Å². The SMILES string of the molecule is CCC[C@@H](C)c1cc(OCC)cc(=O)o1. The Morgan fingerprint density at radius 1 is 1.40 bits per heavy atom. The first-order valence-corrected chi connectivity index (χ1v) is 5.45. The molecular weight excluding hydrogens is 192 g/mol. The van der Waals surface area contributed by atoms with E-state index < -0.39 is 0 Å². The van der Waals surface area contributed by atoms with Crippen LogP contribution in [0.25, 0.3) is 0 Å². The summed E-state index contributed by atoms with van der Waals surface area (Å²) < 4.78 is 10.4. The molecule has 0 fully saturated rings. The van der Waals surface area contributed by atoms with Crippen molar-refractivity contribution in [1.82, 2.24) is 0 Å². The summed E-state index contributed by atoms with van der Waals surface area (Å²) in [5.74, 6) is 1.59. The van der Waals surface area contributed by atoms with Gasteiger partial charge in [-0.05, 0) is 13.3 Å². The van der Waals surface area contributed by atoms with E-state index in [0.29, 0.717) is 18.1 Å². The molecule has 0 aliphatic rings. The highest BCUT2D eigenvalue weighted by molar-refractivity contribution is 5.22. The van der Waals surface area contributed by atoms with E-state index in [2.05, 4.69) is 13.8 Å². The molecule has 1 aromatic rings. The average Bonchev–Trinajstić information content (AvgIpc) is 2.17. The number of hydrogen-bond acceptors (Lipinski definition) is 3. The Hall–Kier alpha value is -1.25. The second-order valence-electron chi connectivity index (χ2n) is 3.64. The van der Waals surface area contributed by atoms with Crippen molar-refractivity contribution in [3.63, 3.8) is 0 Å². The van der Waals surface area contributed by atoms with Gasteiger partial charge in [0, 0.05) is 12.0 Å². The van der Waals surface area contributed by atoms with E-state index in [1.54, 1.807) is 0 Å². The van der Waals surface area contributed by atoms with Crippen molar-refractivity contribution in [2.75, 3.05) is 6.61 Å². The Morgan fingerprint density at radius 2 is 2.13 bits per heavy atom. The summed E-state index contributed by atoms with van der Waals surface area (Å²) in [5, 5.41) is 0. The minimum atomic E-state index is -0.334. The molecule has 0 N–H and O–H groups in total. The van der Waals surface area contributed by atoms with Gasteiger partial charge in [-0.2, -0.15) is 0 Å². The molecule has 0 aliphatic heterocycles. The lowest BCUT2D eigenvalue weighted by atomic mass is 10.0. The minimum Gasteiger partial charge on any atom is -0.493 e. The van der Waals surface area contributed by atoms with E-state index in [1.165, 1.54) is 6.07 Å². The molecule has 0 radical (unpaired) electrons. The van der Waals surface area contributed by atoms with Crippen molar-refractivity contribution < 1.29 is 9.15 Å². The lowest BCUT2D eigenvalue weighted by Gasteiger charge is -2.10. The van der Waals surface area contributed by atoms with Gasteiger partial charge in [0.15, 0.2) is 0 Å². The van der Waals surface area contributed by atoms with E-state index in [0.717, 1.165) is 12.8 Å². The quantitative estimate of drug-likeness (QED) is 0.750. The van der Waals surface area contributed by atoms with Crippen LogP contribution in [0.1, 0.15) is 45.3 Å². The highest BCUT2D eigenvalue weighted by atomic mass is 16.5. The van der Waals surface area contributed by atoms with Gasteiger partial charge in [-0.25, -0.2) is 4.79 Å². The molecule has 0 saturated carbocycles. The zero-order chi connectivity index (χ0) is 11.3. The van der Waals surface area contributed by atoms with Crippen LogP contribution in [0.5, 0.6) is 5.75 Å². The van der Waals surface area contributed by atoms with E-state index in [9.17, 15) is 4.79 Å². The Bertz CT molecular complexity index is 354. The Morgan fingerprint density at radius 3 is 2.73 bits per heavy atom. The molecule has 0 unspecified atom stereocenters. The summed E-state index contributed by atoms with van der Waals surface area (Å²) in [6.45, 7) is 6.62. The fourth-order valence-electron chi connectivity index (χ4n) is 1.54. The molecule has 84 valence electrons. The summed E-state index contributed by atoms with van der Waals surface area (Å²) in [6, 6.07) is 3.19. The third kappa shape index (κ3) is 3.42. The van der Waals surface area contributed by atoms with Crippen LogP contribution in [-0.4, -0.2) is 6.61 Å². The molecule has 0 saturated heterocycles. The maximum atomic E-state index is 11.2. The van der Waals surface area contributed by atoms with E-state index in [-0.39, 0.29) is 11.5 Å². The van der Waals surface area contributed by atoms with Crippen LogP contribution in [0.4, 0.5) is 0 Å². The molecule has 0 aliphatic carbocycles. The molecule has 0 spiro atoms. The fraction of sp³-hybridized carbons (Fsp3) is 0.583. The maximum absolute atomic E-state index is 11.2. The smallest absolute Gasteiger partial charge is 0.339 e. The molecule has 1 heterocycles. The van der Waals surface area contributed by atoms with Crippen LogP contribution in [0.3, 0.4) is 0 Å². The van der Waals surface area contributed by atoms with Gasteiger partial charge in [0.1, 0.15) is 11.5 Å². The molecule has 15 heavy (non-hydrogen) atoms. The Kier molecular flexibility index (Phi) is 4.40. The third-order valence-electron chi connectivity index (χ3n) is 2.28. The average molecular weight is 210 g/mol. The molecule has 3 nitrogen and oxygen atoms in total. The van der Waals surface area contributed by atoms with Gasteiger partial charge < -0.3 is 9.15 Å². The summed E-state index contributed by atoms with van der Waals surface area (Å²) in [5.41, 5.74) is -0.334. The minimum absolute atomic E-state index is 0.267. The van der Waals surface area contributed by atoms with Crippen molar-refractivity contribution in [2.45, 2.75) is 39.5 Å². The highest BCUT2D eigenvalue weighted by Crippen LogP contribution is 2.22. The first-order chi connectivity index (χ1) is 7.17. The lowest BCUT2D eigenvalue weighted by Crippen LogP contribution is -2.05. The second-order valence-corrected chi connectivity index (χ2v) is 3.64. The monoisotopic (exact) mass is 210 g/mol. The van der Waals surface area contributed by atoms with Crippen LogP contribution in [-0.2, 0) is 0 Å². The van der Waals surface area contributed by atoms with Gasteiger partial charge in [-0.15, -0.1) is 0 Å². The number of hydrogen-bond donors (Lipinski definition) is 0. The molecular formula is C12H18O3. The van der Waals surface area contributed by atoms with Gasteiger partial charge >= 0.3 is 5.63 Å². The van der Waals surface area contributed by atoms with Crippen LogP contribution < -0.4 is 10.4 Å². The molecule has 0 amide bonds. The normalized spacial score (nSPS) is 12.5. The largest absolute Gasteiger partial charge is 0.493 e. The second kappa shape index (κ2) is 5.59. The first kappa shape index (κ1) is 11.8. The molecule has 1 atom stereocenters. The van der Waals surface area contributed by atoms with Crippen molar-refractivity contribution in [2.24, 2.45) is 0 Å². The van der Waals surface area contributed by atoms with Crippen LogP contribution >= 0.6 is 0 Å². The molecule has 0 bridgehead atoms. The topological polar surface area (TPSA) is 39.4 Å². The van der Waals surface area contributed by atoms with Crippen molar-refractivity contribution in [1.29, 1.82) is 0 Å². The Labute approximate surface area is 90.1 Å². The van der Waals surface area contributed by atoms with Crippen molar-refractivity contribution >= 4 is 0 Å². The molecule has 3 heteroatoms. The van der Waals surface area contributed by atoms with Crippen LogP contribution in [0.2, 0.25) is 0 Å². The maximum Gasteiger partial charge on any atom is 0.339 e. The van der Waals surface area contributed by atoms with E-state index >= 15 is 0 Å². The van der Waals surface area contributed by atoms with Gasteiger partial charge in [-0.3, -0.25) is 0 Å². The predicted molar refractivity (Wildman–Crippen MR) is 59.5 cm³/mol. The standard InChI is InChI=1S/C12H18O3/c1-4-6-9(3)11-7-10(14-5-2)8-12(13)15-11/h7-9H,4-6H2,1-3H3/t9-/m1/s1. The van der Waals surface area contributed by atoms with Crippen molar-refractivity contribution in [3.8, 4) is 5.75 Å². The Balaban J connectivity index is 2.92. The summed E-state index contributed by atoms with van der Waals surface area (Å²) in [4.78, 5) is 11.2. The first-order valence-electron chi connectivity index (χ1n) is 5.45. The zero-order valence-corrected chi connectivity index (χ0v) is 9.58. The number of rotatable bonds is 5. The van der Waals surface area contributed by atoms with Gasteiger partial charge in [-0.1, -0.05) is 20.3 Å². The van der Waals surface area contributed by atoms with Gasteiger partial charge in [0.05, 0.1) is 12.7 Å². The fourth-order valence-corrected chi connectivity index (χ4v) is 1.54. The summed E-state index contributed by atoms with van der Waals surface area (Å²) >= 11 is 0. The van der Waals surface area contributed by atoms with Crippen LogP contribution in [0, 0.1) is 0 Å². The predicted octanol–water partition coefficient (Wildman–Crippen LogP) is 2.94.